The molecule has 0 saturated carbocycles. The minimum absolute atomic E-state index is 0.147. The highest BCUT2D eigenvalue weighted by molar-refractivity contribution is 6.74. The Kier molecular flexibility index (Phi) is 5.34. The molecule has 128 valence electrons. The Morgan fingerprint density at radius 3 is 2.00 bits per heavy atom. The summed E-state index contributed by atoms with van der Waals surface area (Å²) in [6, 6.07) is 17.5. The average molecular weight is 341 g/mol. The fourth-order valence-corrected chi connectivity index (χ4v) is 3.31. The molecule has 0 aromatic heterocycles. The first-order chi connectivity index (χ1) is 11.1. The van der Waals surface area contributed by atoms with E-state index < -0.39 is 8.32 Å². The number of carbonyl (C=O) groups is 1. The number of rotatable bonds is 5. The molecule has 0 aliphatic carbocycles. The molecule has 3 heteroatoms. The van der Waals surface area contributed by atoms with Crippen molar-refractivity contribution in [1.82, 2.24) is 0 Å². The lowest BCUT2D eigenvalue weighted by atomic mass is 9.92. The number of Topliss-reactive ketones (excluding diaryl/α,β-unsaturated/α-hetero) is 1. The SMILES string of the molecule is CC(C(=O)c1ccccc1)c1ccc(O[Si](C)(C)C(C)(C)C)cc1. The second-order valence-electron chi connectivity index (χ2n) is 7.88. The average Bonchev–Trinajstić information content (AvgIpc) is 2.53. The molecule has 0 aliphatic rings. The van der Waals surface area contributed by atoms with E-state index in [4.69, 9.17) is 4.43 Å². The zero-order valence-corrected chi connectivity index (χ0v) is 16.6. The molecular weight excluding hydrogens is 312 g/mol. The maximum atomic E-state index is 12.6. The highest BCUT2D eigenvalue weighted by atomic mass is 28.4. The van der Waals surface area contributed by atoms with Crippen LogP contribution in [0.1, 0.15) is 49.5 Å². The standard InChI is InChI=1S/C21H28O2Si/c1-16(20(22)18-10-8-7-9-11-18)17-12-14-19(15-13-17)23-24(5,6)21(2,3)4/h7-16H,1-6H3. The Hall–Kier alpha value is -1.87. The summed E-state index contributed by atoms with van der Waals surface area (Å²) >= 11 is 0. The molecule has 0 amide bonds. The molecule has 1 unspecified atom stereocenters. The smallest absolute Gasteiger partial charge is 0.250 e. The normalized spacial score (nSPS) is 13.4. The predicted octanol–water partition coefficient (Wildman–Crippen LogP) is 6.06. The summed E-state index contributed by atoms with van der Waals surface area (Å²) < 4.78 is 6.30. The lowest BCUT2D eigenvalue weighted by Gasteiger charge is -2.36. The Balaban J connectivity index is 2.13. The van der Waals surface area contributed by atoms with Gasteiger partial charge < -0.3 is 4.43 Å². The Bertz CT molecular complexity index is 682. The molecule has 0 bridgehead atoms. The van der Waals surface area contributed by atoms with E-state index in [-0.39, 0.29) is 16.7 Å². The van der Waals surface area contributed by atoms with E-state index in [2.05, 4.69) is 33.9 Å². The van der Waals surface area contributed by atoms with Crippen LogP contribution >= 0.6 is 0 Å². The monoisotopic (exact) mass is 340 g/mol. The van der Waals surface area contributed by atoms with Gasteiger partial charge in [-0.1, -0.05) is 70.2 Å². The van der Waals surface area contributed by atoms with E-state index in [0.29, 0.717) is 0 Å². The van der Waals surface area contributed by atoms with Crippen molar-refractivity contribution in [2.45, 2.75) is 51.7 Å². The molecule has 0 aliphatic heterocycles. The summed E-state index contributed by atoms with van der Waals surface area (Å²) in [4.78, 5) is 12.6. The van der Waals surface area contributed by atoms with Gasteiger partial charge in [-0.2, -0.15) is 0 Å². The van der Waals surface area contributed by atoms with Gasteiger partial charge in [0.15, 0.2) is 5.78 Å². The molecule has 0 fully saturated rings. The van der Waals surface area contributed by atoms with Crippen molar-refractivity contribution in [2.75, 3.05) is 0 Å². The molecule has 0 heterocycles. The van der Waals surface area contributed by atoms with Gasteiger partial charge in [0.2, 0.25) is 8.32 Å². The summed E-state index contributed by atoms with van der Waals surface area (Å²) in [5, 5.41) is 0.169. The molecular formula is C21H28O2Si. The molecule has 2 aromatic carbocycles. The molecule has 24 heavy (non-hydrogen) atoms. The maximum absolute atomic E-state index is 12.6. The maximum Gasteiger partial charge on any atom is 0.250 e. The zero-order chi connectivity index (χ0) is 18.0. The van der Waals surface area contributed by atoms with Crippen molar-refractivity contribution in [2.24, 2.45) is 0 Å². The van der Waals surface area contributed by atoms with Crippen LogP contribution < -0.4 is 4.43 Å². The molecule has 0 N–H and O–H groups in total. The fraction of sp³-hybridized carbons (Fsp3) is 0.381. The van der Waals surface area contributed by atoms with Crippen LogP contribution in [-0.4, -0.2) is 14.1 Å². The molecule has 2 nitrogen and oxygen atoms in total. The topological polar surface area (TPSA) is 26.3 Å². The van der Waals surface area contributed by atoms with E-state index in [0.717, 1.165) is 16.9 Å². The molecule has 1 atom stereocenters. The van der Waals surface area contributed by atoms with E-state index >= 15 is 0 Å². The van der Waals surface area contributed by atoms with Gasteiger partial charge >= 0.3 is 0 Å². The third-order valence-electron chi connectivity index (χ3n) is 5.01. The van der Waals surface area contributed by atoms with E-state index in [1.54, 1.807) is 0 Å². The van der Waals surface area contributed by atoms with Crippen LogP contribution in [0.2, 0.25) is 18.1 Å². The third-order valence-corrected chi connectivity index (χ3v) is 9.37. The van der Waals surface area contributed by atoms with Crippen molar-refractivity contribution in [3.8, 4) is 5.75 Å². The third kappa shape index (κ3) is 4.15. The summed E-state index contributed by atoms with van der Waals surface area (Å²) in [6.45, 7) is 13.1. The van der Waals surface area contributed by atoms with Crippen molar-refractivity contribution in [1.29, 1.82) is 0 Å². The van der Waals surface area contributed by atoms with Gasteiger partial charge in [-0.05, 0) is 35.8 Å². The summed E-state index contributed by atoms with van der Waals surface area (Å²) in [5.41, 5.74) is 1.78. The number of ketones is 1. The molecule has 2 aromatic rings. The van der Waals surface area contributed by atoms with Gasteiger partial charge in [-0.25, -0.2) is 0 Å². The lowest BCUT2D eigenvalue weighted by molar-refractivity contribution is 0.0966. The quantitative estimate of drug-likeness (QED) is 0.488. The van der Waals surface area contributed by atoms with Crippen molar-refractivity contribution >= 4 is 14.1 Å². The van der Waals surface area contributed by atoms with Crippen molar-refractivity contribution in [3.05, 3.63) is 65.7 Å². The van der Waals surface area contributed by atoms with E-state index in [1.807, 2.05) is 61.5 Å². The fourth-order valence-electron chi connectivity index (χ4n) is 2.28. The highest BCUT2D eigenvalue weighted by Crippen LogP contribution is 2.37. The van der Waals surface area contributed by atoms with Crippen LogP contribution in [0.3, 0.4) is 0 Å². The minimum atomic E-state index is -1.83. The zero-order valence-electron chi connectivity index (χ0n) is 15.6. The largest absolute Gasteiger partial charge is 0.544 e. The lowest BCUT2D eigenvalue weighted by Crippen LogP contribution is -2.43. The first-order valence-corrected chi connectivity index (χ1v) is 11.4. The highest BCUT2D eigenvalue weighted by Gasteiger charge is 2.38. The summed E-state index contributed by atoms with van der Waals surface area (Å²) in [6.07, 6.45) is 0. The van der Waals surface area contributed by atoms with Gasteiger partial charge in [0.1, 0.15) is 5.75 Å². The van der Waals surface area contributed by atoms with Crippen LogP contribution in [0.4, 0.5) is 0 Å². The Labute approximate surface area is 147 Å². The van der Waals surface area contributed by atoms with Gasteiger partial charge in [0.25, 0.3) is 0 Å². The number of carbonyl (C=O) groups excluding carboxylic acids is 1. The van der Waals surface area contributed by atoms with Crippen molar-refractivity contribution in [3.63, 3.8) is 0 Å². The van der Waals surface area contributed by atoms with Crippen LogP contribution in [0, 0.1) is 0 Å². The van der Waals surface area contributed by atoms with Crippen LogP contribution in [0.25, 0.3) is 0 Å². The van der Waals surface area contributed by atoms with Crippen LogP contribution in [-0.2, 0) is 0 Å². The number of hydrogen-bond donors (Lipinski definition) is 0. The van der Waals surface area contributed by atoms with Crippen LogP contribution in [0.5, 0.6) is 5.75 Å². The van der Waals surface area contributed by atoms with E-state index in [9.17, 15) is 4.79 Å². The van der Waals surface area contributed by atoms with Crippen molar-refractivity contribution < 1.29 is 9.22 Å². The first kappa shape index (κ1) is 18.5. The van der Waals surface area contributed by atoms with Gasteiger partial charge in [0, 0.05) is 11.5 Å². The summed E-state index contributed by atoms with van der Waals surface area (Å²) in [7, 11) is -1.83. The van der Waals surface area contributed by atoms with Gasteiger partial charge in [0.05, 0.1) is 0 Å². The molecule has 2 rings (SSSR count). The second kappa shape index (κ2) is 6.94. The van der Waals surface area contributed by atoms with Gasteiger partial charge in [-0.15, -0.1) is 0 Å². The van der Waals surface area contributed by atoms with E-state index in [1.165, 1.54) is 0 Å². The molecule has 0 saturated heterocycles. The Morgan fingerprint density at radius 1 is 0.958 bits per heavy atom. The first-order valence-electron chi connectivity index (χ1n) is 8.50. The molecule has 0 radical (unpaired) electrons. The minimum Gasteiger partial charge on any atom is -0.544 e. The predicted molar refractivity (Wildman–Crippen MR) is 103 cm³/mol. The molecule has 0 spiro atoms. The Morgan fingerprint density at radius 2 is 1.50 bits per heavy atom. The van der Waals surface area contributed by atoms with Gasteiger partial charge in [-0.3, -0.25) is 4.79 Å². The van der Waals surface area contributed by atoms with Crippen LogP contribution in [0.15, 0.2) is 54.6 Å². The number of hydrogen-bond acceptors (Lipinski definition) is 2. The second-order valence-corrected chi connectivity index (χ2v) is 12.6. The number of benzene rings is 2. The summed E-state index contributed by atoms with van der Waals surface area (Å²) in [5.74, 6) is 0.882.